The number of anilines is 1. The van der Waals surface area contributed by atoms with Crippen LogP contribution in [0.5, 0.6) is 5.75 Å². The molecule has 0 aromatic heterocycles. The predicted octanol–water partition coefficient (Wildman–Crippen LogP) is 2.76. The van der Waals surface area contributed by atoms with Crippen LogP contribution in [0.2, 0.25) is 0 Å². The molecule has 0 saturated carbocycles. The lowest BCUT2D eigenvalue weighted by molar-refractivity contribution is -0.158. The first-order valence-electron chi connectivity index (χ1n) is 6.09. The number of alkyl halides is 6. The lowest BCUT2D eigenvalue weighted by Crippen LogP contribution is -2.31. The van der Waals surface area contributed by atoms with Crippen LogP contribution in [0.25, 0.3) is 0 Å². The lowest BCUT2D eigenvalue weighted by Gasteiger charge is -2.16. The van der Waals surface area contributed by atoms with Crippen molar-refractivity contribution in [2.45, 2.75) is 12.4 Å². The largest absolute Gasteiger partial charge is 0.483 e. The SMILES string of the molecule is O=C(NCCO)Nc1ccc(OCC(F)(F)F)c(C(F)(F)F)c1. The van der Waals surface area contributed by atoms with E-state index in [1.54, 1.807) is 0 Å². The van der Waals surface area contributed by atoms with Gasteiger partial charge < -0.3 is 20.5 Å². The highest BCUT2D eigenvalue weighted by Crippen LogP contribution is 2.38. The van der Waals surface area contributed by atoms with Gasteiger partial charge in [-0.1, -0.05) is 0 Å². The number of hydrogen-bond acceptors (Lipinski definition) is 3. The van der Waals surface area contributed by atoms with Crippen LogP contribution >= 0.6 is 0 Å². The summed E-state index contributed by atoms with van der Waals surface area (Å²) < 4.78 is 78.9. The Morgan fingerprint density at radius 1 is 1.17 bits per heavy atom. The number of amides is 2. The van der Waals surface area contributed by atoms with Gasteiger partial charge in [-0.15, -0.1) is 0 Å². The van der Waals surface area contributed by atoms with Gasteiger partial charge >= 0.3 is 18.4 Å². The Bertz CT molecular complexity index is 545. The zero-order valence-corrected chi connectivity index (χ0v) is 11.4. The monoisotopic (exact) mass is 346 g/mol. The first-order valence-corrected chi connectivity index (χ1v) is 6.09. The molecule has 0 heterocycles. The Labute approximate surface area is 126 Å². The molecular weight excluding hydrogens is 334 g/mol. The molecule has 1 aromatic rings. The minimum absolute atomic E-state index is 0.120. The maximum atomic E-state index is 12.9. The molecule has 2 amide bonds. The van der Waals surface area contributed by atoms with Gasteiger partial charge in [-0.25, -0.2) is 4.79 Å². The van der Waals surface area contributed by atoms with Gasteiger partial charge in [0.1, 0.15) is 5.75 Å². The van der Waals surface area contributed by atoms with Crippen LogP contribution < -0.4 is 15.4 Å². The number of aliphatic hydroxyl groups excluding tert-OH is 1. The molecule has 5 nitrogen and oxygen atoms in total. The minimum atomic E-state index is -4.97. The summed E-state index contributed by atoms with van der Waals surface area (Å²) in [4.78, 5) is 11.3. The number of aliphatic hydroxyl groups is 1. The average molecular weight is 346 g/mol. The molecule has 11 heteroatoms. The molecule has 0 radical (unpaired) electrons. The minimum Gasteiger partial charge on any atom is -0.483 e. The highest BCUT2D eigenvalue weighted by molar-refractivity contribution is 5.89. The molecule has 1 aromatic carbocycles. The number of carbonyl (C=O) groups is 1. The Morgan fingerprint density at radius 2 is 1.83 bits per heavy atom. The van der Waals surface area contributed by atoms with Crippen molar-refractivity contribution in [1.29, 1.82) is 0 Å². The van der Waals surface area contributed by atoms with Gasteiger partial charge in [0.25, 0.3) is 0 Å². The van der Waals surface area contributed by atoms with Crippen LogP contribution in [0.1, 0.15) is 5.56 Å². The van der Waals surface area contributed by atoms with Crippen LogP contribution in [0.4, 0.5) is 36.8 Å². The number of rotatable bonds is 5. The predicted molar refractivity (Wildman–Crippen MR) is 67.1 cm³/mol. The molecule has 3 N–H and O–H groups in total. The fourth-order valence-electron chi connectivity index (χ4n) is 1.46. The summed E-state index contributed by atoms with van der Waals surface area (Å²) in [5.74, 6) is -1.00. The van der Waals surface area contributed by atoms with E-state index in [4.69, 9.17) is 5.11 Å². The van der Waals surface area contributed by atoms with Crippen molar-refractivity contribution in [3.63, 3.8) is 0 Å². The summed E-state index contributed by atoms with van der Waals surface area (Å²) in [6.45, 7) is -2.37. The second kappa shape index (κ2) is 7.40. The number of ether oxygens (including phenoxy) is 1. The lowest BCUT2D eigenvalue weighted by atomic mass is 10.1. The van der Waals surface area contributed by atoms with Crippen LogP contribution in [-0.2, 0) is 6.18 Å². The number of hydrogen-bond donors (Lipinski definition) is 3. The van der Waals surface area contributed by atoms with Crippen molar-refractivity contribution in [3.8, 4) is 5.75 Å². The van der Waals surface area contributed by atoms with E-state index in [-0.39, 0.29) is 18.8 Å². The number of carbonyl (C=O) groups excluding carboxylic acids is 1. The molecule has 0 bridgehead atoms. The summed E-state index contributed by atoms with van der Waals surface area (Å²) in [7, 11) is 0. The first kappa shape index (κ1) is 18.9. The van der Waals surface area contributed by atoms with E-state index in [0.29, 0.717) is 12.1 Å². The maximum Gasteiger partial charge on any atom is 0.422 e. The van der Waals surface area contributed by atoms with Crippen molar-refractivity contribution >= 4 is 11.7 Å². The van der Waals surface area contributed by atoms with Crippen molar-refractivity contribution in [2.24, 2.45) is 0 Å². The third-order valence-electron chi connectivity index (χ3n) is 2.33. The second-order valence-electron chi connectivity index (χ2n) is 4.22. The Kier molecular flexibility index (Phi) is 6.07. The summed E-state index contributed by atoms with van der Waals surface area (Å²) >= 11 is 0. The van der Waals surface area contributed by atoms with Crippen LogP contribution in [0.15, 0.2) is 18.2 Å². The number of nitrogens with one attached hydrogen (secondary N) is 2. The summed E-state index contributed by atoms with van der Waals surface area (Å²) in [6.07, 6.45) is -9.76. The van der Waals surface area contributed by atoms with Crippen molar-refractivity contribution < 1.29 is 41.0 Å². The van der Waals surface area contributed by atoms with E-state index < -0.39 is 36.3 Å². The molecule has 0 aliphatic carbocycles. The molecule has 0 fully saturated rings. The summed E-state index contributed by atoms with van der Waals surface area (Å²) in [6, 6.07) is 1.20. The first-order chi connectivity index (χ1) is 10.5. The van der Waals surface area contributed by atoms with Gasteiger partial charge in [-0.2, -0.15) is 26.3 Å². The van der Waals surface area contributed by atoms with Gasteiger partial charge in [-0.3, -0.25) is 0 Å². The summed E-state index contributed by atoms with van der Waals surface area (Å²) in [5.41, 5.74) is -1.76. The van der Waals surface area contributed by atoms with Gasteiger partial charge in [0.15, 0.2) is 6.61 Å². The fraction of sp³-hybridized carbons (Fsp3) is 0.417. The zero-order valence-electron chi connectivity index (χ0n) is 11.4. The smallest absolute Gasteiger partial charge is 0.422 e. The normalized spacial score (nSPS) is 12.0. The molecule has 0 unspecified atom stereocenters. The van der Waals surface area contributed by atoms with Gasteiger partial charge in [0.2, 0.25) is 0 Å². The fourth-order valence-corrected chi connectivity index (χ4v) is 1.46. The number of halogens is 6. The molecule has 1 rings (SSSR count). The van der Waals surface area contributed by atoms with Crippen LogP contribution in [0, 0.1) is 0 Å². The quantitative estimate of drug-likeness (QED) is 0.718. The van der Waals surface area contributed by atoms with Gasteiger partial charge in [0.05, 0.1) is 12.2 Å². The molecule has 130 valence electrons. The van der Waals surface area contributed by atoms with E-state index in [9.17, 15) is 31.1 Å². The zero-order chi connectivity index (χ0) is 17.7. The summed E-state index contributed by atoms with van der Waals surface area (Å²) in [5, 5.41) is 12.7. The molecule has 23 heavy (non-hydrogen) atoms. The second-order valence-corrected chi connectivity index (χ2v) is 4.22. The molecule has 0 aliphatic rings. The topological polar surface area (TPSA) is 70.6 Å². The Balaban J connectivity index is 2.95. The van der Waals surface area contributed by atoms with Crippen molar-refractivity contribution in [3.05, 3.63) is 23.8 Å². The van der Waals surface area contributed by atoms with E-state index >= 15 is 0 Å². The molecule has 0 spiro atoms. The van der Waals surface area contributed by atoms with Crippen molar-refractivity contribution in [1.82, 2.24) is 5.32 Å². The van der Waals surface area contributed by atoms with Gasteiger partial charge in [0, 0.05) is 12.2 Å². The van der Waals surface area contributed by atoms with Crippen LogP contribution in [0.3, 0.4) is 0 Å². The van der Waals surface area contributed by atoms with Gasteiger partial charge in [-0.05, 0) is 18.2 Å². The number of urea groups is 1. The Hall–Kier alpha value is -2.17. The Morgan fingerprint density at radius 3 is 2.35 bits per heavy atom. The highest BCUT2D eigenvalue weighted by Gasteiger charge is 2.36. The third kappa shape index (κ3) is 6.63. The third-order valence-corrected chi connectivity index (χ3v) is 2.33. The van der Waals surface area contributed by atoms with E-state index in [1.807, 2.05) is 5.32 Å². The molecular formula is C12H12F6N2O3. The van der Waals surface area contributed by atoms with Crippen molar-refractivity contribution in [2.75, 3.05) is 25.1 Å². The maximum absolute atomic E-state index is 12.9. The number of benzene rings is 1. The highest BCUT2D eigenvalue weighted by atomic mass is 19.4. The average Bonchev–Trinajstić information content (AvgIpc) is 2.41. The standard InChI is InChI=1S/C12H12F6N2O3/c13-11(14,15)6-23-9-2-1-7(5-8(9)12(16,17)18)20-10(22)19-3-4-21/h1-2,5,21H,3-4,6H2,(H2,19,20,22). The van der Waals surface area contributed by atoms with E-state index in [1.165, 1.54) is 0 Å². The molecule has 0 aliphatic heterocycles. The van der Waals surface area contributed by atoms with Crippen LogP contribution in [-0.4, -0.2) is 37.1 Å². The van der Waals surface area contributed by atoms with E-state index in [0.717, 1.165) is 6.07 Å². The van der Waals surface area contributed by atoms with E-state index in [2.05, 4.69) is 10.1 Å². The molecule has 0 saturated heterocycles. The molecule has 0 atom stereocenters.